The summed E-state index contributed by atoms with van der Waals surface area (Å²) in [4.78, 5) is 2.64. The fourth-order valence-corrected chi connectivity index (χ4v) is 3.00. The van der Waals surface area contributed by atoms with Crippen LogP contribution in [0.2, 0.25) is 0 Å². The first-order valence-corrected chi connectivity index (χ1v) is 8.09. The van der Waals surface area contributed by atoms with E-state index in [0.717, 1.165) is 25.6 Å². The zero-order valence-electron chi connectivity index (χ0n) is 13.5. The van der Waals surface area contributed by atoms with Crippen LogP contribution in [0.5, 0.6) is 0 Å². The van der Waals surface area contributed by atoms with Crippen molar-refractivity contribution in [3.8, 4) is 0 Å². The quantitative estimate of drug-likeness (QED) is 0.856. The summed E-state index contributed by atoms with van der Waals surface area (Å²) in [5.41, 5.74) is 3.06. The molecule has 2 unspecified atom stereocenters. The molecule has 2 rings (SSSR count). The van der Waals surface area contributed by atoms with Crippen LogP contribution in [0.1, 0.15) is 38.8 Å². The number of rotatable bonds is 6. The maximum atomic E-state index is 3.60. The molecular formula is C18H30N2. The van der Waals surface area contributed by atoms with Gasteiger partial charge in [0.1, 0.15) is 0 Å². The lowest BCUT2D eigenvalue weighted by Crippen LogP contribution is -2.44. The van der Waals surface area contributed by atoms with Gasteiger partial charge >= 0.3 is 0 Å². The lowest BCUT2D eigenvalue weighted by molar-refractivity contribution is 0.144. The van der Waals surface area contributed by atoms with Gasteiger partial charge < -0.3 is 5.32 Å². The third-order valence-corrected chi connectivity index (χ3v) is 4.58. The van der Waals surface area contributed by atoms with Gasteiger partial charge in [-0.15, -0.1) is 0 Å². The highest BCUT2D eigenvalue weighted by molar-refractivity contribution is 5.29. The van der Waals surface area contributed by atoms with Crippen LogP contribution in [0.4, 0.5) is 0 Å². The van der Waals surface area contributed by atoms with Crippen molar-refractivity contribution in [3.05, 3.63) is 35.4 Å². The molecule has 1 aliphatic rings. The van der Waals surface area contributed by atoms with E-state index in [-0.39, 0.29) is 0 Å². The van der Waals surface area contributed by atoms with E-state index in [0.29, 0.717) is 12.0 Å². The second-order valence-electron chi connectivity index (χ2n) is 6.76. The molecule has 2 nitrogen and oxygen atoms in total. The summed E-state index contributed by atoms with van der Waals surface area (Å²) in [6.45, 7) is 13.9. The Morgan fingerprint density at radius 3 is 2.45 bits per heavy atom. The number of hydrogen-bond donors (Lipinski definition) is 1. The molecule has 0 bridgehead atoms. The van der Waals surface area contributed by atoms with E-state index < -0.39 is 0 Å². The Labute approximate surface area is 124 Å². The van der Waals surface area contributed by atoms with Crippen LogP contribution in [-0.2, 0) is 13.0 Å². The van der Waals surface area contributed by atoms with Crippen LogP contribution in [0, 0.1) is 11.8 Å². The van der Waals surface area contributed by atoms with Crippen LogP contribution in [0.25, 0.3) is 0 Å². The van der Waals surface area contributed by atoms with Crippen molar-refractivity contribution in [3.63, 3.8) is 0 Å². The smallest absolute Gasteiger partial charge is 0.0239 e. The molecule has 1 N–H and O–H groups in total. The third-order valence-electron chi connectivity index (χ3n) is 4.58. The second-order valence-corrected chi connectivity index (χ2v) is 6.76. The first-order chi connectivity index (χ1) is 9.58. The molecule has 1 aliphatic heterocycles. The predicted molar refractivity (Wildman–Crippen MR) is 86.9 cm³/mol. The summed E-state index contributed by atoms with van der Waals surface area (Å²) in [6, 6.07) is 9.54. The highest BCUT2D eigenvalue weighted by Gasteiger charge is 2.23. The minimum absolute atomic E-state index is 0.642. The Morgan fingerprint density at radius 2 is 1.75 bits per heavy atom. The molecule has 20 heavy (non-hydrogen) atoms. The Hall–Kier alpha value is -0.860. The highest BCUT2D eigenvalue weighted by atomic mass is 15.2. The van der Waals surface area contributed by atoms with Gasteiger partial charge in [-0.25, -0.2) is 0 Å². The average Bonchev–Trinajstić information content (AvgIpc) is 2.45. The number of nitrogens with one attached hydrogen (secondary N) is 1. The monoisotopic (exact) mass is 274 g/mol. The first-order valence-electron chi connectivity index (χ1n) is 8.09. The number of fused-ring (bicyclic) bond motifs is 1. The lowest BCUT2D eigenvalue weighted by atomic mass is 9.95. The molecule has 1 heterocycles. The molecule has 0 spiro atoms. The maximum Gasteiger partial charge on any atom is 0.0239 e. The molecule has 2 atom stereocenters. The van der Waals surface area contributed by atoms with Crippen molar-refractivity contribution in [2.24, 2.45) is 11.8 Å². The van der Waals surface area contributed by atoms with Gasteiger partial charge in [-0.2, -0.15) is 0 Å². The number of nitrogens with zero attached hydrogens (tertiary/aromatic N) is 1. The summed E-state index contributed by atoms with van der Waals surface area (Å²) >= 11 is 0. The molecule has 2 heteroatoms. The van der Waals surface area contributed by atoms with Crippen LogP contribution >= 0.6 is 0 Å². The lowest BCUT2D eigenvalue weighted by Gasteiger charge is -2.37. The fourth-order valence-electron chi connectivity index (χ4n) is 3.00. The van der Waals surface area contributed by atoms with E-state index in [1.165, 1.54) is 18.5 Å². The third kappa shape index (κ3) is 4.07. The summed E-state index contributed by atoms with van der Waals surface area (Å²) < 4.78 is 0. The summed E-state index contributed by atoms with van der Waals surface area (Å²) in [5, 5.41) is 3.60. The van der Waals surface area contributed by atoms with Gasteiger partial charge in [0.2, 0.25) is 0 Å². The first kappa shape index (κ1) is 15.5. The van der Waals surface area contributed by atoms with Gasteiger partial charge in [0, 0.05) is 19.1 Å². The number of benzene rings is 1. The Balaban J connectivity index is 1.86. The van der Waals surface area contributed by atoms with E-state index in [1.807, 2.05) is 0 Å². The zero-order chi connectivity index (χ0) is 14.5. The molecule has 0 amide bonds. The Bertz CT molecular complexity index is 414. The van der Waals surface area contributed by atoms with Gasteiger partial charge in [-0.1, -0.05) is 45.0 Å². The van der Waals surface area contributed by atoms with Crippen molar-refractivity contribution >= 4 is 0 Å². The van der Waals surface area contributed by atoms with E-state index >= 15 is 0 Å². The van der Waals surface area contributed by atoms with Crippen molar-refractivity contribution in [1.29, 1.82) is 0 Å². The van der Waals surface area contributed by atoms with Crippen molar-refractivity contribution in [2.75, 3.05) is 19.6 Å². The van der Waals surface area contributed by atoms with Gasteiger partial charge in [-0.05, 0) is 49.4 Å². The molecule has 112 valence electrons. The molecule has 0 saturated heterocycles. The SMILES string of the molecule is CC(C)CNCC(C)C(C)N1CCc2ccccc2C1. The fraction of sp³-hybridized carbons (Fsp3) is 0.667. The Morgan fingerprint density at radius 1 is 1.05 bits per heavy atom. The minimum Gasteiger partial charge on any atom is -0.316 e. The second kappa shape index (κ2) is 7.24. The summed E-state index contributed by atoms with van der Waals surface area (Å²) in [5.74, 6) is 1.43. The molecular weight excluding hydrogens is 244 g/mol. The van der Waals surface area contributed by atoms with E-state index in [1.54, 1.807) is 5.56 Å². The van der Waals surface area contributed by atoms with Crippen LogP contribution in [0.3, 0.4) is 0 Å². The van der Waals surface area contributed by atoms with Crippen LogP contribution in [0.15, 0.2) is 24.3 Å². The molecule has 0 saturated carbocycles. The highest BCUT2D eigenvalue weighted by Crippen LogP contribution is 2.22. The largest absolute Gasteiger partial charge is 0.316 e. The molecule has 0 aliphatic carbocycles. The summed E-state index contributed by atoms with van der Waals surface area (Å²) in [6.07, 6.45) is 1.20. The normalized spacial score (nSPS) is 18.9. The topological polar surface area (TPSA) is 15.3 Å². The minimum atomic E-state index is 0.642. The van der Waals surface area contributed by atoms with Crippen molar-refractivity contribution < 1.29 is 0 Å². The standard InChI is InChI=1S/C18H30N2/c1-14(2)11-19-12-15(3)16(4)20-10-9-17-7-5-6-8-18(17)13-20/h5-8,14-16,19H,9-13H2,1-4H3. The predicted octanol–water partition coefficient (Wildman–Crippen LogP) is 3.31. The van der Waals surface area contributed by atoms with Crippen LogP contribution in [-0.4, -0.2) is 30.6 Å². The van der Waals surface area contributed by atoms with Crippen molar-refractivity contribution in [1.82, 2.24) is 10.2 Å². The molecule has 0 aromatic heterocycles. The Kier molecular flexibility index (Phi) is 5.62. The van der Waals surface area contributed by atoms with Gasteiger partial charge in [-0.3, -0.25) is 4.90 Å². The van der Waals surface area contributed by atoms with Gasteiger partial charge in [0.05, 0.1) is 0 Å². The van der Waals surface area contributed by atoms with Crippen LogP contribution < -0.4 is 5.32 Å². The van der Waals surface area contributed by atoms with E-state index in [2.05, 4.69) is 62.2 Å². The average molecular weight is 274 g/mol. The van der Waals surface area contributed by atoms with E-state index in [4.69, 9.17) is 0 Å². The molecule has 1 aromatic carbocycles. The number of hydrogen-bond acceptors (Lipinski definition) is 2. The zero-order valence-corrected chi connectivity index (χ0v) is 13.5. The van der Waals surface area contributed by atoms with Crippen molar-refractivity contribution in [2.45, 2.75) is 46.7 Å². The van der Waals surface area contributed by atoms with Gasteiger partial charge in [0.25, 0.3) is 0 Å². The molecule has 0 fully saturated rings. The molecule has 0 radical (unpaired) electrons. The summed E-state index contributed by atoms with van der Waals surface area (Å²) in [7, 11) is 0. The van der Waals surface area contributed by atoms with E-state index in [9.17, 15) is 0 Å². The maximum absolute atomic E-state index is 3.60. The molecule has 1 aromatic rings. The van der Waals surface area contributed by atoms with Gasteiger partial charge in [0.15, 0.2) is 0 Å².